The van der Waals surface area contributed by atoms with Crippen molar-refractivity contribution in [1.29, 1.82) is 0 Å². The smallest absolute Gasteiger partial charge is 0.261 e. The molecule has 9 heteroatoms. The number of fused-ring (bicyclic) bond motifs is 1. The van der Waals surface area contributed by atoms with Crippen molar-refractivity contribution in [3.05, 3.63) is 35.4 Å². The number of aliphatic imine (C=N–C) groups is 1. The highest BCUT2D eigenvalue weighted by Gasteiger charge is 2.34. The third kappa shape index (κ3) is 6.50. The number of nitrogens with one attached hydrogen (secondary N) is 2. The van der Waals surface area contributed by atoms with E-state index in [0.717, 1.165) is 50.2 Å². The first-order valence-corrected chi connectivity index (χ1v) is 12.2. The van der Waals surface area contributed by atoms with Crippen molar-refractivity contribution in [1.82, 2.24) is 15.5 Å². The van der Waals surface area contributed by atoms with Crippen LogP contribution in [0.25, 0.3) is 0 Å². The van der Waals surface area contributed by atoms with Gasteiger partial charge in [-0.1, -0.05) is 25.5 Å². The third-order valence-electron chi connectivity index (χ3n) is 5.83. The number of rotatable bonds is 8. The standard InChI is InChI=1S/C22H32N4O3S.HI/c1-3-30(29)17-10-8-9-16(15-17)25-22(23-2)24-13-6-7-14-26-20(27)18-11-4-5-12-19(18)21(26)28;/h4-5,11-12,16-17H,3,6-10,13-15H2,1-2H3,(H2,23,24,25);1H. The van der Waals surface area contributed by atoms with Crippen molar-refractivity contribution in [2.75, 3.05) is 25.9 Å². The zero-order valence-corrected chi connectivity index (χ0v) is 21.4. The molecule has 1 fully saturated rings. The fraction of sp³-hybridized carbons (Fsp3) is 0.591. The minimum atomic E-state index is -0.741. The summed E-state index contributed by atoms with van der Waals surface area (Å²) in [5, 5.41) is 7.05. The second kappa shape index (κ2) is 12.5. The maximum absolute atomic E-state index is 12.4. The summed E-state index contributed by atoms with van der Waals surface area (Å²) in [6.07, 6.45) is 5.67. The van der Waals surface area contributed by atoms with Crippen LogP contribution in [0.15, 0.2) is 29.3 Å². The van der Waals surface area contributed by atoms with Crippen LogP contribution in [0, 0.1) is 0 Å². The number of carbonyl (C=O) groups is 2. The molecule has 0 bridgehead atoms. The van der Waals surface area contributed by atoms with Crippen LogP contribution >= 0.6 is 24.0 Å². The average Bonchev–Trinajstić information content (AvgIpc) is 3.02. The zero-order chi connectivity index (χ0) is 21.5. The summed E-state index contributed by atoms with van der Waals surface area (Å²) in [4.78, 5) is 30.4. The van der Waals surface area contributed by atoms with Gasteiger partial charge in [0.25, 0.3) is 11.8 Å². The molecule has 3 atom stereocenters. The molecule has 1 aliphatic heterocycles. The first kappa shape index (κ1) is 25.8. The van der Waals surface area contributed by atoms with E-state index in [1.54, 1.807) is 31.3 Å². The quantitative estimate of drug-likeness (QED) is 0.168. The van der Waals surface area contributed by atoms with Crippen LogP contribution in [0.3, 0.4) is 0 Å². The number of hydrogen-bond acceptors (Lipinski definition) is 4. The third-order valence-corrected chi connectivity index (χ3v) is 7.57. The molecular formula is C22H33IN4O3S. The molecule has 2 aliphatic rings. The van der Waals surface area contributed by atoms with Gasteiger partial charge in [-0.3, -0.25) is 23.7 Å². The Bertz CT molecular complexity index is 798. The average molecular weight is 561 g/mol. The number of halogens is 1. The molecule has 0 spiro atoms. The van der Waals surface area contributed by atoms with Crippen molar-refractivity contribution in [2.24, 2.45) is 4.99 Å². The van der Waals surface area contributed by atoms with E-state index in [1.807, 2.05) is 6.92 Å². The molecule has 1 saturated carbocycles. The molecular weight excluding hydrogens is 527 g/mol. The van der Waals surface area contributed by atoms with E-state index in [1.165, 1.54) is 4.90 Å². The van der Waals surface area contributed by atoms with Crippen LogP contribution in [0.5, 0.6) is 0 Å². The lowest BCUT2D eigenvalue weighted by Crippen LogP contribution is -2.46. The van der Waals surface area contributed by atoms with Crippen molar-refractivity contribution in [2.45, 2.75) is 56.7 Å². The SMILES string of the molecule is CCS(=O)C1CCCC(NC(=NC)NCCCCN2C(=O)c3ccccc3C2=O)C1.I. The van der Waals surface area contributed by atoms with Crippen LogP contribution in [-0.4, -0.2) is 64.1 Å². The Hall–Kier alpha value is -1.49. The summed E-state index contributed by atoms with van der Waals surface area (Å²) in [5.41, 5.74) is 1.00. The van der Waals surface area contributed by atoms with Gasteiger partial charge in [-0.2, -0.15) is 0 Å². The van der Waals surface area contributed by atoms with Crippen LogP contribution < -0.4 is 10.6 Å². The predicted molar refractivity (Wildman–Crippen MR) is 136 cm³/mol. The number of amides is 2. The monoisotopic (exact) mass is 560 g/mol. The van der Waals surface area contributed by atoms with E-state index in [4.69, 9.17) is 0 Å². The Balaban J connectivity index is 0.00000341. The number of imide groups is 1. The van der Waals surface area contributed by atoms with Crippen LogP contribution in [0.2, 0.25) is 0 Å². The molecule has 172 valence electrons. The molecule has 7 nitrogen and oxygen atoms in total. The summed E-state index contributed by atoms with van der Waals surface area (Å²) < 4.78 is 12.1. The largest absolute Gasteiger partial charge is 0.356 e. The minimum Gasteiger partial charge on any atom is -0.356 e. The molecule has 0 radical (unpaired) electrons. The van der Waals surface area contributed by atoms with Gasteiger partial charge in [-0.15, -0.1) is 24.0 Å². The van der Waals surface area contributed by atoms with Crippen molar-refractivity contribution in [3.8, 4) is 0 Å². The van der Waals surface area contributed by atoms with Gasteiger partial charge in [0, 0.05) is 48.0 Å². The summed E-state index contributed by atoms with van der Waals surface area (Å²) in [6, 6.07) is 7.27. The van der Waals surface area contributed by atoms with E-state index in [-0.39, 0.29) is 41.0 Å². The number of hydrogen-bond donors (Lipinski definition) is 2. The van der Waals surface area contributed by atoms with Crippen LogP contribution in [0.4, 0.5) is 0 Å². The van der Waals surface area contributed by atoms with Gasteiger partial charge in [0.15, 0.2) is 5.96 Å². The fourth-order valence-corrected chi connectivity index (χ4v) is 5.53. The van der Waals surface area contributed by atoms with E-state index in [9.17, 15) is 13.8 Å². The van der Waals surface area contributed by atoms with Crippen LogP contribution in [-0.2, 0) is 10.8 Å². The Morgan fingerprint density at radius 2 is 1.84 bits per heavy atom. The summed E-state index contributed by atoms with van der Waals surface area (Å²) in [5.74, 6) is 1.08. The maximum atomic E-state index is 12.4. The summed E-state index contributed by atoms with van der Waals surface area (Å²) >= 11 is 0. The van der Waals surface area contributed by atoms with Crippen LogP contribution in [0.1, 0.15) is 66.2 Å². The number of unbranched alkanes of at least 4 members (excludes halogenated alkanes) is 1. The topological polar surface area (TPSA) is 90.9 Å². The molecule has 0 saturated heterocycles. The van der Waals surface area contributed by atoms with Gasteiger partial charge >= 0.3 is 0 Å². The van der Waals surface area contributed by atoms with Gasteiger partial charge in [-0.05, 0) is 44.2 Å². The second-order valence-electron chi connectivity index (χ2n) is 7.81. The molecule has 1 aliphatic carbocycles. The van der Waals surface area contributed by atoms with Gasteiger partial charge in [0.1, 0.15) is 0 Å². The predicted octanol–water partition coefficient (Wildman–Crippen LogP) is 2.93. The zero-order valence-electron chi connectivity index (χ0n) is 18.3. The lowest BCUT2D eigenvalue weighted by molar-refractivity contribution is 0.0652. The Kier molecular flexibility index (Phi) is 10.4. The Morgan fingerprint density at radius 1 is 1.16 bits per heavy atom. The number of guanidine groups is 1. The molecule has 31 heavy (non-hydrogen) atoms. The van der Waals surface area contributed by atoms with E-state index in [2.05, 4.69) is 15.6 Å². The number of nitrogens with zero attached hydrogens (tertiary/aromatic N) is 2. The van der Waals surface area contributed by atoms with Gasteiger partial charge in [0.2, 0.25) is 0 Å². The molecule has 3 rings (SSSR count). The Morgan fingerprint density at radius 3 is 2.45 bits per heavy atom. The van der Waals surface area contributed by atoms with Crippen molar-refractivity contribution >= 4 is 52.6 Å². The summed E-state index contributed by atoms with van der Waals surface area (Å²) in [7, 11) is 1.01. The van der Waals surface area contributed by atoms with Gasteiger partial charge < -0.3 is 10.6 Å². The van der Waals surface area contributed by atoms with E-state index in [0.29, 0.717) is 30.3 Å². The van der Waals surface area contributed by atoms with E-state index >= 15 is 0 Å². The normalized spacial score (nSPS) is 22.0. The first-order valence-electron chi connectivity index (χ1n) is 10.8. The molecule has 3 unspecified atom stereocenters. The number of benzene rings is 1. The molecule has 2 N–H and O–H groups in total. The highest BCUT2D eigenvalue weighted by molar-refractivity contribution is 14.0. The lowest BCUT2D eigenvalue weighted by Gasteiger charge is -2.30. The Labute approximate surface area is 204 Å². The first-order chi connectivity index (χ1) is 14.5. The van der Waals surface area contributed by atoms with Crippen molar-refractivity contribution in [3.63, 3.8) is 0 Å². The highest BCUT2D eigenvalue weighted by atomic mass is 127. The molecule has 1 heterocycles. The molecule has 1 aromatic rings. The maximum Gasteiger partial charge on any atom is 0.261 e. The fourth-order valence-electron chi connectivity index (χ4n) is 4.18. The molecule has 1 aromatic carbocycles. The second-order valence-corrected chi connectivity index (χ2v) is 9.82. The number of carbonyl (C=O) groups excluding carboxylic acids is 2. The highest BCUT2D eigenvalue weighted by Crippen LogP contribution is 2.23. The molecule has 2 amide bonds. The molecule has 0 aromatic heterocycles. The van der Waals surface area contributed by atoms with E-state index < -0.39 is 10.8 Å². The van der Waals surface area contributed by atoms with Gasteiger partial charge in [-0.25, -0.2) is 0 Å². The van der Waals surface area contributed by atoms with Crippen molar-refractivity contribution < 1.29 is 13.8 Å². The van der Waals surface area contributed by atoms with Gasteiger partial charge in [0.05, 0.1) is 11.1 Å². The summed E-state index contributed by atoms with van der Waals surface area (Å²) in [6.45, 7) is 3.11. The minimum absolute atomic E-state index is 0. The lowest BCUT2D eigenvalue weighted by atomic mass is 9.95.